The minimum atomic E-state index is -2.13. The van der Waals surface area contributed by atoms with Crippen LogP contribution in [0.15, 0.2) is 23.3 Å². The highest BCUT2D eigenvalue weighted by Gasteiger charge is 2.53. The molecular weight excluding hydrogens is 448 g/mol. The number of carbonyl (C=O) groups is 2. The Kier molecular flexibility index (Phi) is 9.53. The Morgan fingerprint density at radius 1 is 1.12 bits per heavy atom. The lowest BCUT2D eigenvalue weighted by Crippen LogP contribution is -2.59. The van der Waals surface area contributed by atoms with E-state index in [-0.39, 0.29) is 29.7 Å². The SMILES string of the molecule is CCOC(=O)/C(C)=C/[C@H](C)[C@@H]1O[C@]2(C)O[C@@H](C(=O)C=C2CO[Si](C(C)C)(C(C)C)C(C)C)[C@H]1C. The maximum Gasteiger partial charge on any atom is 0.333 e. The summed E-state index contributed by atoms with van der Waals surface area (Å²) in [6.45, 7) is 23.5. The van der Waals surface area contributed by atoms with E-state index in [4.69, 9.17) is 18.6 Å². The van der Waals surface area contributed by atoms with Crippen LogP contribution in [0.3, 0.4) is 0 Å². The summed E-state index contributed by atoms with van der Waals surface area (Å²) in [6, 6.07) is 0. The first-order valence-electron chi connectivity index (χ1n) is 12.8. The highest BCUT2D eigenvalue weighted by molar-refractivity contribution is 6.77. The van der Waals surface area contributed by atoms with E-state index < -0.39 is 20.2 Å². The van der Waals surface area contributed by atoms with Gasteiger partial charge < -0.3 is 18.6 Å². The third-order valence-corrected chi connectivity index (χ3v) is 13.8. The molecule has 2 bridgehead atoms. The van der Waals surface area contributed by atoms with Gasteiger partial charge in [-0.25, -0.2) is 4.79 Å². The second kappa shape index (κ2) is 11.2. The van der Waals surface area contributed by atoms with Crippen LogP contribution in [0.25, 0.3) is 0 Å². The van der Waals surface area contributed by atoms with E-state index in [0.29, 0.717) is 35.4 Å². The van der Waals surface area contributed by atoms with Gasteiger partial charge in [0.05, 0.1) is 19.3 Å². The predicted molar refractivity (Wildman–Crippen MR) is 137 cm³/mol. The van der Waals surface area contributed by atoms with Crippen molar-refractivity contribution in [2.24, 2.45) is 11.8 Å². The molecule has 0 aromatic heterocycles. The number of ether oxygens (including phenoxy) is 3. The summed E-state index contributed by atoms with van der Waals surface area (Å²) in [4.78, 5) is 25.2. The van der Waals surface area contributed by atoms with Crippen LogP contribution < -0.4 is 0 Å². The Bertz CT molecular complexity index is 792. The molecule has 0 aromatic rings. The van der Waals surface area contributed by atoms with Crippen molar-refractivity contribution in [2.75, 3.05) is 13.2 Å². The van der Waals surface area contributed by atoms with E-state index in [0.717, 1.165) is 5.57 Å². The van der Waals surface area contributed by atoms with Crippen LogP contribution in [0.5, 0.6) is 0 Å². The van der Waals surface area contributed by atoms with Crippen LogP contribution in [0, 0.1) is 11.8 Å². The minimum Gasteiger partial charge on any atom is -0.463 e. The molecule has 2 heterocycles. The molecule has 0 N–H and O–H groups in total. The second-order valence-electron chi connectivity index (χ2n) is 11.0. The zero-order chi connectivity index (χ0) is 26.0. The second-order valence-corrected chi connectivity index (χ2v) is 16.5. The van der Waals surface area contributed by atoms with Gasteiger partial charge in [-0.1, -0.05) is 61.5 Å². The fourth-order valence-electron chi connectivity index (χ4n) is 6.03. The summed E-state index contributed by atoms with van der Waals surface area (Å²) in [6.07, 6.45) is 2.70. The molecule has 0 aliphatic carbocycles. The quantitative estimate of drug-likeness (QED) is 0.212. The van der Waals surface area contributed by atoms with Gasteiger partial charge in [-0.15, -0.1) is 0 Å². The van der Waals surface area contributed by atoms with Gasteiger partial charge in [-0.05, 0) is 43.5 Å². The number of fused-ring (bicyclic) bond motifs is 2. The molecule has 2 rings (SSSR count). The normalized spacial score (nSPS) is 29.0. The average molecular weight is 495 g/mol. The standard InChI is InChI=1S/C27H46O6Si/c1-12-30-26(29)20(9)13-19(8)24-21(10)25-23(28)14-22(27(11,32-24)33-25)15-31-34(16(2)3,17(4)5)18(6)7/h13-14,16-19,21,24-25H,12,15H2,1-11H3/b20-13+/t19-,21-,24-,25+,27+/m0/s1. The first-order valence-corrected chi connectivity index (χ1v) is 14.9. The lowest BCUT2D eigenvalue weighted by Gasteiger charge is -2.51. The van der Waals surface area contributed by atoms with Crippen LogP contribution in [-0.2, 0) is 28.2 Å². The van der Waals surface area contributed by atoms with E-state index >= 15 is 0 Å². The van der Waals surface area contributed by atoms with Crippen molar-refractivity contribution >= 4 is 20.1 Å². The zero-order valence-corrected chi connectivity index (χ0v) is 24.1. The fourth-order valence-corrected chi connectivity index (χ4v) is 11.4. The van der Waals surface area contributed by atoms with Crippen LogP contribution in [0.1, 0.15) is 76.2 Å². The number of rotatable bonds is 10. The Hall–Kier alpha value is -1.28. The van der Waals surface area contributed by atoms with Crippen molar-refractivity contribution < 1.29 is 28.2 Å². The summed E-state index contributed by atoms with van der Waals surface area (Å²) >= 11 is 0. The lowest BCUT2D eigenvalue weighted by atomic mass is 9.81. The van der Waals surface area contributed by atoms with Crippen molar-refractivity contribution in [3.63, 3.8) is 0 Å². The summed E-state index contributed by atoms with van der Waals surface area (Å²) in [5, 5.41) is 0. The van der Waals surface area contributed by atoms with Crippen molar-refractivity contribution in [3.05, 3.63) is 23.3 Å². The van der Waals surface area contributed by atoms with E-state index in [1.165, 1.54) is 0 Å². The van der Waals surface area contributed by atoms with Gasteiger partial charge in [-0.2, -0.15) is 0 Å². The number of ketones is 1. The molecule has 1 saturated heterocycles. The van der Waals surface area contributed by atoms with Gasteiger partial charge in [0, 0.05) is 23.0 Å². The molecule has 0 unspecified atom stereocenters. The van der Waals surface area contributed by atoms with E-state index in [9.17, 15) is 9.59 Å². The largest absolute Gasteiger partial charge is 0.463 e. The van der Waals surface area contributed by atoms with Crippen LogP contribution >= 0.6 is 0 Å². The van der Waals surface area contributed by atoms with Crippen molar-refractivity contribution in [3.8, 4) is 0 Å². The highest BCUT2D eigenvalue weighted by Crippen LogP contribution is 2.46. The van der Waals surface area contributed by atoms with Gasteiger partial charge in [0.15, 0.2) is 11.6 Å². The monoisotopic (exact) mass is 494 g/mol. The molecule has 0 saturated carbocycles. The molecule has 1 fully saturated rings. The first kappa shape index (κ1) is 29.0. The molecule has 5 atom stereocenters. The Labute approximate surface area is 207 Å². The molecule has 7 heteroatoms. The Morgan fingerprint density at radius 2 is 1.68 bits per heavy atom. The molecule has 0 radical (unpaired) electrons. The molecule has 0 spiro atoms. The third-order valence-electron chi connectivity index (χ3n) is 7.70. The van der Waals surface area contributed by atoms with Gasteiger partial charge >= 0.3 is 5.97 Å². The number of carbonyl (C=O) groups excluding carboxylic acids is 2. The Balaban J connectivity index is 2.32. The maximum absolute atomic E-state index is 13.1. The predicted octanol–water partition coefficient (Wildman–Crippen LogP) is 5.97. The molecule has 2 aliphatic rings. The van der Waals surface area contributed by atoms with Gasteiger partial charge in [0.2, 0.25) is 8.32 Å². The highest BCUT2D eigenvalue weighted by atomic mass is 28.4. The van der Waals surface area contributed by atoms with Crippen LogP contribution in [0.2, 0.25) is 16.6 Å². The molecule has 0 amide bonds. The number of hydrogen-bond donors (Lipinski definition) is 0. The molecule has 2 aliphatic heterocycles. The van der Waals surface area contributed by atoms with E-state index in [2.05, 4.69) is 41.5 Å². The van der Waals surface area contributed by atoms with Crippen LogP contribution in [-0.4, -0.2) is 51.3 Å². The maximum atomic E-state index is 13.1. The van der Waals surface area contributed by atoms with Crippen LogP contribution in [0.4, 0.5) is 0 Å². The van der Waals surface area contributed by atoms with Crippen molar-refractivity contribution in [2.45, 2.75) is 111 Å². The molecule has 6 nitrogen and oxygen atoms in total. The van der Waals surface area contributed by atoms with Crippen molar-refractivity contribution in [1.82, 2.24) is 0 Å². The Morgan fingerprint density at radius 3 is 2.18 bits per heavy atom. The molecular formula is C27H46O6Si. The summed E-state index contributed by atoms with van der Waals surface area (Å²) < 4.78 is 24.7. The minimum absolute atomic E-state index is 0.0407. The zero-order valence-electron chi connectivity index (χ0n) is 23.1. The number of esters is 1. The summed E-state index contributed by atoms with van der Waals surface area (Å²) in [7, 11) is -2.13. The van der Waals surface area contributed by atoms with Gasteiger partial charge in [0.25, 0.3) is 0 Å². The van der Waals surface area contributed by atoms with E-state index in [1.807, 2.05) is 26.8 Å². The average Bonchev–Trinajstić information content (AvgIpc) is 2.73. The summed E-state index contributed by atoms with van der Waals surface area (Å²) in [5.41, 5.74) is 2.58. The molecule has 0 aromatic carbocycles. The number of hydrogen-bond acceptors (Lipinski definition) is 6. The smallest absolute Gasteiger partial charge is 0.333 e. The van der Waals surface area contributed by atoms with Crippen molar-refractivity contribution in [1.29, 1.82) is 0 Å². The molecule has 194 valence electrons. The van der Waals surface area contributed by atoms with E-state index in [1.54, 1.807) is 19.9 Å². The summed E-state index contributed by atoms with van der Waals surface area (Å²) in [5.74, 6) is -1.67. The van der Waals surface area contributed by atoms with Gasteiger partial charge in [-0.3, -0.25) is 4.79 Å². The van der Waals surface area contributed by atoms with Gasteiger partial charge in [0.1, 0.15) is 6.10 Å². The first-order chi connectivity index (χ1) is 15.7. The lowest BCUT2D eigenvalue weighted by molar-refractivity contribution is -0.311. The molecule has 34 heavy (non-hydrogen) atoms. The third kappa shape index (κ3) is 5.58. The fraction of sp³-hybridized carbons (Fsp3) is 0.778. The topological polar surface area (TPSA) is 71.1 Å².